The first kappa shape index (κ1) is 22.6. The van der Waals surface area contributed by atoms with E-state index in [1.165, 1.54) is 0 Å². The van der Waals surface area contributed by atoms with Crippen molar-refractivity contribution >= 4 is 0 Å². The van der Waals surface area contributed by atoms with Crippen LogP contribution >= 0.6 is 0 Å². The summed E-state index contributed by atoms with van der Waals surface area (Å²) in [6, 6.07) is 10.1. The maximum absolute atomic E-state index is 13.1. The molecule has 1 fully saturated rings. The molecule has 164 valence electrons. The third-order valence-corrected chi connectivity index (χ3v) is 5.08. The number of aliphatic hydroxyl groups is 1. The van der Waals surface area contributed by atoms with Gasteiger partial charge in [0, 0.05) is 6.04 Å². The molecule has 3 unspecified atom stereocenters. The van der Waals surface area contributed by atoms with E-state index in [0.717, 1.165) is 5.56 Å². The first-order valence-electron chi connectivity index (χ1n) is 9.39. The van der Waals surface area contributed by atoms with Crippen molar-refractivity contribution < 1.29 is 36.2 Å². The Morgan fingerprint density at radius 1 is 0.900 bits per heavy atom. The van der Waals surface area contributed by atoms with Gasteiger partial charge in [-0.25, -0.2) is 0 Å². The Bertz CT molecular complexity index is 805. The maximum Gasteiger partial charge on any atom is 0.416 e. The van der Waals surface area contributed by atoms with Crippen LogP contribution in [0.1, 0.15) is 41.1 Å². The highest BCUT2D eigenvalue weighted by Crippen LogP contribution is 2.37. The van der Waals surface area contributed by atoms with Crippen molar-refractivity contribution in [3.63, 3.8) is 0 Å². The summed E-state index contributed by atoms with van der Waals surface area (Å²) in [7, 11) is 0. The SMILES string of the molecule is OCC1CCC(OCc2cc(C(F)(F)F)cc(C(F)(F)F)c2)C(c2ccccc2)N1. The molecule has 2 N–H and O–H groups in total. The van der Waals surface area contributed by atoms with Crippen LogP contribution < -0.4 is 5.32 Å². The van der Waals surface area contributed by atoms with Crippen LogP contribution in [0.25, 0.3) is 0 Å². The van der Waals surface area contributed by atoms with Gasteiger partial charge < -0.3 is 15.2 Å². The lowest BCUT2D eigenvalue weighted by atomic mass is 9.91. The standard InChI is InChI=1S/C21H21F6NO2/c22-20(23,24)15-8-13(9-16(10-15)21(25,26)27)12-30-18-7-6-17(11-29)28-19(18)14-4-2-1-3-5-14/h1-5,8-10,17-19,28-29H,6-7,11-12H2. The molecule has 2 aromatic rings. The minimum atomic E-state index is -4.90. The lowest BCUT2D eigenvalue weighted by Gasteiger charge is -2.37. The van der Waals surface area contributed by atoms with Crippen LogP contribution in [-0.4, -0.2) is 23.9 Å². The van der Waals surface area contributed by atoms with Gasteiger partial charge >= 0.3 is 12.4 Å². The molecule has 2 aromatic carbocycles. The molecule has 0 bridgehead atoms. The van der Waals surface area contributed by atoms with Crippen LogP contribution in [0.5, 0.6) is 0 Å². The van der Waals surface area contributed by atoms with Gasteiger partial charge in [-0.05, 0) is 42.2 Å². The van der Waals surface area contributed by atoms with Gasteiger partial charge in [0.05, 0.1) is 36.5 Å². The number of alkyl halides is 6. The van der Waals surface area contributed by atoms with Gasteiger partial charge in [-0.1, -0.05) is 30.3 Å². The number of halogens is 6. The van der Waals surface area contributed by atoms with E-state index >= 15 is 0 Å². The number of piperidine rings is 1. The molecular weight excluding hydrogens is 412 g/mol. The smallest absolute Gasteiger partial charge is 0.395 e. The van der Waals surface area contributed by atoms with Crippen molar-refractivity contribution in [2.45, 2.75) is 50.0 Å². The molecule has 1 aliphatic rings. The number of nitrogens with one attached hydrogen (secondary N) is 1. The molecule has 0 spiro atoms. The zero-order valence-electron chi connectivity index (χ0n) is 15.8. The van der Waals surface area contributed by atoms with Crippen molar-refractivity contribution in [2.24, 2.45) is 0 Å². The Morgan fingerprint density at radius 3 is 2.03 bits per heavy atom. The van der Waals surface area contributed by atoms with Crippen LogP contribution in [-0.2, 0) is 23.7 Å². The Morgan fingerprint density at radius 2 is 1.50 bits per heavy atom. The van der Waals surface area contributed by atoms with Crippen LogP contribution in [0.15, 0.2) is 48.5 Å². The average Bonchev–Trinajstić information content (AvgIpc) is 2.71. The predicted octanol–water partition coefficient (Wildman–Crippen LogP) is 5.10. The highest BCUT2D eigenvalue weighted by atomic mass is 19.4. The van der Waals surface area contributed by atoms with Crippen molar-refractivity contribution in [3.8, 4) is 0 Å². The third-order valence-electron chi connectivity index (χ3n) is 5.08. The molecule has 3 nitrogen and oxygen atoms in total. The topological polar surface area (TPSA) is 41.5 Å². The van der Waals surface area contributed by atoms with Crippen molar-refractivity contribution in [1.82, 2.24) is 5.32 Å². The first-order chi connectivity index (χ1) is 14.1. The Balaban J connectivity index is 1.82. The summed E-state index contributed by atoms with van der Waals surface area (Å²) in [5.74, 6) is 0. The van der Waals surface area contributed by atoms with Gasteiger partial charge in [-0.2, -0.15) is 26.3 Å². The molecule has 3 atom stereocenters. The van der Waals surface area contributed by atoms with Crippen molar-refractivity contribution in [3.05, 3.63) is 70.8 Å². The molecule has 30 heavy (non-hydrogen) atoms. The van der Waals surface area contributed by atoms with E-state index in [1.807, 2.05) is 30.3 Å². The van der Waals surface area contributed by atoms with E-state index in [4.69, 9.17) is 4.74 Å². The molecule has 0 saturated carbocycles. The Kier molecular flexibility index (Phi) is 6.74. The summed E-state index contributed by atoms with van der Waals surface area (Å²) in [5.41, 5.74) is -2.07. The molecule has 0 aliphatic carbocycles. The summed E-state index contributed by atoms with van der Waals surface area (Å²) in [5, 5.41) is 12.7. The van der Waals surface area contributed by atoms with Crippen LogP contribution in [0.2, 0.25) is 0 Å². The molecule has 9 heteroatoms. The second-order valence-corrected chi connectivity index (χ2v) is 7.28. The summed E-state index contributed by atoms with van der Waals surface area (Å²) in [4.78, 5) is 0. The Hall–Kier alpha value is -2.10. The zero-order chi connectivity index (χ0) is 21.9. The van der Waals surface area contributed by atoms with Crippen LogP contribution in [0.3, 0.4) is 0 Å². The fourth-order valence-corrected chi connectivity index (χ4v) is 3.58. The molecule has 0 radical (unpaired) electrons. The highest BCUT2D eigenvalue weighted by molar-refractivity contribution is 5.33. The summed E-state index contributed by atoms with van der Waals surface area (Å²) in [6.45, 7) is -0.481. The van der Waals surface area contributed by atoms with Crippen molar-refractivity contribution in [2.75, 3.05) is 6.61 Å². The van der Waals surface area contributed by atoms with Crippen molar-refractivity contribution in [1.29, 1.82) is 0 Å². The lowest BCUT2D eigenvalue weighted by Crippen LogP contribution is -2.47. The molecule has 0 amide bonds. The Labute approximate surface area is 169 Å². The fourth-order valence-electron chi connectivity index (χ4n) is 3.58. The normalized spacial score (nSPS) is 22.8. The molecule has 0 aromatic heterocycles. The molecule has 3 rings (SSSR count). The summed E-state index contributed by atoms with van der Waals surface area (Å²) < 4.78 is 84.1. The van der Waals surface area contributed by atoms with E-state index < -0.39 is 36.2 Å². The average molecular weight is 433 g/mol. The first-order valence-corrected chi connectivity index (χ1v) is 9.39. The molecule has 1 saturated heterocycles. The van der Waals surface area contributed by atoms with E-state index in [0.29, 0.717) is 25.0 Å². The summed E-state index contributed by atoms with van der Waals surface area (Å²) >= 11 is 0. The van der Waals surface area contributed by atoms with Gasteiger partial charge in [0.25, 0.3) is 0 Å². The number of aliphatic hydroxyl groups excluding tert-OH is 1. The van der Waals surface area contributed by atoms with E-state index in [-0.39, 0.29) is 30.3 Å². The quantitative estimate of drug-likeness (QED) is 0.645. The minimum absolute atomic E-state index is 0.0847. The van der Waals surface area contributed by atoms with E-state index in [1.54, 1.807) is 0 Å². The molecular formula is C21H21F6NO2. The fraction of sp³-hybridized carbons (Fsp3) is 0.429. The number of hydrogen-bond donors (Lipinski definition) is 2. The minimum Gasteiger partial charge on any atom is -0.395 e. The number of ether oxygens (including phenoxy) is 1. The van der Waals surface area contributed by atoms with Crippen LogP contribution in [0.4, 0.5) is 26.3 Å². The second-order valence-electron chi connectivity index (χ2n) is 7.28. The maximum atomic E-state index is 13.1. The van der Waals surface area contributed by atoms with E-state index in [9.17, 15) is 31.4 Å². The summed E-state index contributed by atoms with van der Waals surface area (Å²) in [6.07, 6.45) is -9.20. The third kappa shape index (κ3) is 5.53. The van der Waals surface area contributed by atoms with Gasteiger partial charge in [0.15, 0.2) is 0 Å². The van der Waals surface area contributed by atoms with Gasteiger partial charge in [0.1, 0.15) is 0 Å². The largest absolute Gasteiger partial charge is 0.416 e. The number of rotatable bonds is 5. The zero-order valence-corrected chi connectivity index (χ0v) is 15.8. The highest BCUT2D eigenvalue weighted by Gasteiger charge is 2.37. The van der Waals surface area contributed by atoms with E-state index in [2.05, 4.69) is 5.32 Å². The lowest BCUT2D eigenvalue weighted by molar-refractivity contribution is -0.143. The second kappa shape index (κ2) is 8.95. The monoisotopic (exact) mass is 433 g/mol. The van der Waals surface area contributed by atoms with Gasteiger partial charge in [-0.15, -0.1) is 0 Å². The number of benzene rings is 2. The number of hydrogen-bond acceptors (Lipinski definition) is 3. The predicted molar refractivity (Wildman–Crippen MR) is 97.4 cm³/mol. The van der Waals surface area contributed by atoms with Gasteiger partial charge in [0.2, 0.25) is 0 Å². The molecule has 1 aliphatic heterocycles. The van der Waals surface area contributed by atoms with Crippen LogP contribution in [0, 0.1) is 0 Å². The van der Waals surface area contributed by atoms with Gasteiger partial charge in [-0.3, -0.25) is 0 Å². The molecule has 1 heterocycles.